The average molecular weight is 501 g/mol. The number of aromatic hydroxyl groups is 1. The number of esters is 1. The van der Waals surface area contributed by atoms with Gasteiger partial charge >= 0.3 is 5.97 Å². The van der Waals surface area contributed by atoms with Crippen molar-refractivity contribution in [2.24, 2.45) is 5.92 Å². The van der Waals surface area contributed by atoms with E-state index in [1.54, 1.807) is 12.1 Å². The van der Waals surface area contributed by atoms with Gasteiger partial charge in [-0.25, -0.2) is 4.79 Å². The molecular weight excluding hydrogens is 472 g/mol. The highest BCUT2D eigenvalue weighted by molar-refractivity contribution is 6.32. The van der Waals surface area contributed by atoms with Crippen molar-refractivity contribution in [3.05, 3.63) is 53.1 Å². The molecular formula is C25H29ClN4O5. The molecule has 0 unspecified atom stereocenters. The van der Waals surface area contributed by atoms with Gasteiger partial charge in [0, 0.05) is 44.1 Å². The molecule has 0 aromatic heterocycles. The first kappa shape index (κ1) is 24.8. The molecule has 2 fully saturated rings. The number of amides is 2. The Morgan fingerprint density at radius 1 is 1.09 bits per heavy atom. The van der Waals surface area contributed by atoms with Gasteiger partial charge in [-0.15, -0.1) is 0 Å². The molecule has 2 aliphatic heterocycles. The Bertz CT molecular complexity index is 1100. The van der Waals surface area contributed by atoms with Gasteiger partial charge in [0.1, 0.15) is 5.75 Å². The summed E-state index contributed by atoms with van der Waals surface area (Å²) in [6, 6.07) is 11.9. The summed E-state index contributed by atoms with van der Waals surface area (Å²) in [5.74, 6) is -0.686. The molecule has 2 aromatic rings. The average Bonchev–Trinajstić information content (AvgIpc) is 3.34. The van der Waals surface area contributed by atoms with Crippen molar-refractivity contribution in [2.45, 2.75) is 6.42 Å². The molecule has 1 atom stereocenters. The molecule has 0 radical (unpaired) electrons. The van der Waals surface area contributed by atoms with Crippen LogP contribution in [0.4, 0.5) is 11.4 Å². The number of phenols is 1. The third-order valence-electron chi connectivity index (χ3n) is 6.48. The van der Waals surface area contributed by atoms with Crippen LogP contribution in [-0.2, 0) is 14.3 Å². The van der Waals surface area contributed by atoms with E-state index in [0.717, 1.165) is 5.69 Å². The maximum atomic E-state index is 12.9. The second-order valence-corrected chi connectivity index (χ2v) is 9.19. The van der Waals surface area contributed by atoms with E-state index in [1.165, 1.54) is 19.2 Å². The van der Waals surface area contributed by atoms with E-state index in [0.29, 0.717) is 56.9 Å². The van der Waals surface area contributed by atoms with Crippen molar-refractivity contribution in [3.8, 4) is 5.75 Å². The van der Waals surface area contributed by atoms with Crippen molar-refractivity contribution in [1.29, 1.82) is 0 Å². The van der Waals surface area contributed by atoms with Crippen LogP contribution in [0.1, 0.15) is 16.8 Å². The Balaban J connectivity index is 1.24. The number of nitrogens with one attached hydrogen (secondary N) is 1. The van der Waals surface area contributed by atoms with E-state index >= 15 is 0 Å². The van der Waals surface area contributed by atoms with Gasteiger partial charge in [0.05, 0.1) is 30.2 Å². The number of anilines is 2. The van der Waals surface area contributed by atoms with E-state index < -0.39 is 0 Å². The minimum atomic E-state index is -0.370. The molecule has 0 spiro atoms. The summed E-state index contributed by atoms with van der Waals surface area (Å²) in [4.78, 5) is 43.3. The van der Waals surface area contributed by atoms with E-state index in [9.17, 15) is 19.5 Å². The third-order valence-corrected chi connectivity index (χ3v) is 6.78. The Hall–Kier alpha value is -3.30. The number of ether oxygens (including phenoxy) is 1. The third kappa shape index (κ3) is 6.04. The number of hydrogen-bond acceptors (Lipinski definition) is 7. The molecule has 186 valence electrons. The molecule has 35 heavy (non-hydrogen) atoms. The van der Waals surface area contributed by atoms with E-state index in [4.69, 9.17) is 16.3 Å². The zero-order chi connectivity index (χ0) is 24.9. The van der Waals surface area contributed by atoms with Crippen LogP contribution < -0.4 is 10.2 Å². The molecule has 2 aliphatic rings. The van der Waals surface area contributed by atoms with Crippen molar-refractivity contribution in [3.63, 3.8) is 0 Å². The molecule has 2 heterocycles. The van der Waals surface area contributed by atoms with Crippen molar-refractivity contribution in [2.75, 3.05) is 63.1 Å². The van der Waals surface area contributed by atoms with E-state index in [-0.39, 0.29) is 41.0 Å². The van der Waals surface area contributed by atoms with Crippen LogP contribution in [0.3, 0.4) is 0 Å². The SMILES string of the molecule is COC(=O)c1cccc(N2CCN(C(=O)CN3CC[C@@H](C(=O)Nc4ccc(O)c(Cl)c4)C3)CC2)c1. The second-order valence-electron chi connectivity index (χ2n) is 8.79. The van der Waals surface area contributed by atoms with E-state index in [2.05, 4.69) is 10.2 Å². The topological polar surface area (TPSA) is 102 Å². The van der Waals surface area contributed by atoms with Gasteiger partial charge < -0.3 is 25.0 Å². The molecule has 2 N–H and O–H groups in total. The summed E-state index contributed by atoms with van der Waals surface area (Å²) in [5, 5.41) is 12.5. The molecule has 2 aromatic carbocycles. The Labute approximate surface area is 209 Å². The lowest BCUT2D eigenvalue weighted by atomic mass is 10.1. The Morgan fingerprint density at radius 3 is 2.57 bits per heavy atom. The van der Waals surface area contributed by atoms with Crippen LogP contribution in [-0.4, -0.2) is 85.6 Å². The number of carbonyl (C=O) groups excluding carboxylic acids is 3. The number of carbonyl (C=O) groups is 3. The monoisotopic (exact) mass is 500 g/mol. The normalized spacial score (nSPS) is 18.4. The molecule has 0 saturated carbocycles. The fourth-order valence-electron chi connectivity index (χ4n) is 4.47. The molecule has 0 aliphatic carbocycles. The highest BCUT2D eigenvalue weighted by atomic mass is 35.5. The number of methoxy groups -OCH3 is 1. The van der Waals surface area contributed by atoms with Gasteiger partial charge in [0.25, 0.3) is 0 Å². The van der Waals surface area contributed by atoms with E-state index in [1.807, 2.05) is 28.0 Å². The van der Waals surface area contributed by atoms with Gasteiger partial charge in [-0.3, -0.25) is 14.5 Å². The van der Waals surface area contributed by atoms with Gasteiger partial charge in [-0.05, 0) is 49.4 Å². The fraction of sp³-hybridized carbons (Fsp3) is 0.400. The van der Waals surface area contributed by atoms with Crippen molar-refractivity contribution < 1.29 is 24.2 Å². The highest BCUT2D eigenvalue weighted by Crippen LogP contribution is 2.27. The quantitative estimate of drug-likeness (QED) is 0.464. The number of phenolic OH excluding ortho intramolecular Hbond substituents is 1. The lowest BCUT2D eigenvalue weighted by Gasteiger charge is -2.36. The van der Waals surface area contributed by atoms with Gasteiger partial charge in [-0.1, -0.05) is 17.7 Å². The first-order valence-corrected chi connectivity index (χ1v) is 11.9. The smallest absolute Gasteiger partial charge is 0.337 e. The van der Waals surface area contributed by atoms with Gasteiger partial charge in [0.2, 0.25) is 11.8 Å². The number of benzene rings is 2. The zero-order valence-corrected chi connectivity index (χ0v) is 20.3. The molecule has 9 nitrogen and oxygen atoms in total. The lowest BCUT2D eigenvalue weighted by Crippen LogP contribution is -2.51. The fourth-order valence-corrected chi connectivity index (χ4v) is 4.65. The maximum Gasteiger partial charge on any atom is 0.337 e. The predicted molar refractivity (Wildman–Crippen MR) is 133 cm³/mol. The van der Waals surface area contributed by atoms with Crippen LogP contribution in [0, 0.1) is 5.92 Å². The van der Waals surface area contributed by atoms with Crippen molar-refractivity contribution in [1.82, 2.24) is 9.80 Å². The summed E-state index contributed by atoms with van der Waals surface area (Å²) in [6.07, 6.45) is 0.676. The van der Waals surface area contributed by atoms with Crippen LogP contribution in [0.5, 0.6) is 5.75 Å². The maximum absolute atomic E-state index is 12.9. The highest BCUT2D eigenvalue weighted by Gasteiger charge is 2.31. The Kier molecular flexibility index (Phi) is 7.77. The van der Waals surface area contributed by atoms with Crippen LogP contribution in [0.2, 0.25) is 5.02 Å². The van der Waals surface area contributed by atoms with Crippen molar-refractivity contribution >= 4 is 40.8 Å². The van der Waals surface area contributed by atoms with Gasteiger partial charge in [0.15, 0.2) is 0 Å². The van der Waals surface area contributed by atoms with Crippen LogP contribution >= 0.6 is 11.6 Å². The molecule has 2 amide bonds. The molecule has 0 bridgehead atoms. The number of rotatable bonds is 6. The molecule has 4 rings (SSSR count). The van der Waals surface area contributed by atoms with Crippen LogP contribution in [0.25, 0.3) is 0 Å². The molecule has 2 saturated heterocycles. The predicted octanol–water partition coefficient (Wildman–Crippen LogP) is 2.44. The number of halogens is 1. The summed E-state index contributed by atoms with van der Waals surface area (Å²) in [7, 11) is 1.36. The largest absolute Gasteiger partial charge is 0.506 e. The first-order valence-electron chi connectivity index (χ1n) is 11.6. The summed E-state index contributed by atoms with van der Waals surface area (Å²) >= 11 is 5.91. The second kappa shape index (κ2) is 11.0. The lowest BCUT2D eigenvalue weighted by molar-refractivity contribution is -0.132. The first-order chi connectivity index (χ1) is 16.8. The number of hydrogen-bond donors (Lipinski definition) is 2. The zero-order valence-electron chi connectivity index (χ0n) is 19.6. The summed E-state index contributed by atoms with van der Waals surface area (Å²) in [6.45, 7) is 4.03. The standard InChI is InChI=1S/C25H29ClN4O5/c1-35-25(34)17-3-2-4-20(13-17)29-9-11-30(12-10-29)23(32)16-28-8-7-18(15-28)24(33)27-19-5-6-22(31)21(26)14-19/h2-6,13-14,18,31H,7-12,15-16H2,1H3,(H,27,33)/t18-/m1/s1. The number of likely N-dealkylation sites (tertiary alicyclic amines) is 1. The minimum Gasteiger partial charge on any atom is -0.506 e. The number of piperazine rings is 1. The minimum absolute atomic E-state index is 0.0363. The summed E-state index contributed by atoms with van der Waals surface area (Å²) in [5.41, 5.74) is 1.97. The Morgan fingerprint density at radius 2 is 1.86 bits per heavy atom. The molecule has 10 heteroatoms. The summed E-state index contributed by atoms with van der Waals surface area (Å²) < 4.78 is 4.80. The van der Waals surface area contributed by atoms with Gasteiger partial charge in [-0.2, -0.15) is 0 Å². The number of nitrogens with zero attached hydrogens (tertiary/aromatic N) is 3. The van der Waals surface area contributed by atoms with Crippen LogP contribution in [0.15, 0.2) is 42.5 Å².